The molecule has 7 nitrogen and oxygen atoms in total. The zero-order chi connectivity index (χ0) is 19.4. The number of imide groups is 1. The van der Waals surface area contributed by atoms with Crippen LogP contribution in [0.25, 0.3) is 0 Å². The van der Waals surface area contributed by atoms with E-state index in [0.29, 0.717) is 50.1 Å². The number of unbranched alkanes of at least 4 members (excludes halogenated alkanes) is 1. The first kappa shape index (κ1) is 19.1. The maximum absolute atomic E-state index is 12.7. The number of benzene rings is 1. The number of rotatable bonds is 5. The second-order valence-electron chi connectivity index (χ2n) is 6.96. The molecule has 3 rings (SSSR count). The lowest BCUT2D eigenvalue weighted by Gasteiger charge is -2.24. The van der Waals surface area contributed by atoms with E-state index in [1.807, 2.05) is 4.90 Å². The van der Waals surface area contributed by atoms with E-state index in [9.17, 15) is 19.2 Å². The Morgan fingerprint density at radius 1 is 0.889 bits per heavy atom. The Morgan fingerprint density at radius 2 is 1.44 bits per heavy atom. The van der Waals surface area contributed by atoms with Crippen LogP contribution in [-0.4, -0.2) is 71.1 Å². The summed E-state index contributed by atoms with van der Waals surface area (Å²) >= 11 is 0. The number of hydrogen-bond donors (Lipinski definition) is 0. The predicted molar refractivity (Wildman–Crippen MR) is 99.1 cm³/mol. The van der Waals surface area contributed by atoms with E-state index in [-0.39, 0.29) is 18.4 Å². The minimum absolute atomic E-state index is 0.131. The van der Waals surface area contributed by atoms with Crippen molar-refractivity contribution in [2.75, 3.05) is 32.7 Å². The van der Waals surface area contributed by atoms with Gasteiger partial charge < -0.3 is 9.80 Å². The van der Waals surface area contributed by atoms with Crippen LogP contribution in [0.3, 0.4) is 0 Å². The molecule has 1 aromatic rings. The Bertz CT molecular complexity index is 726. The van der Waals surface area contributed by atoms with Crippen molar-refractivity contribution in [3.8, 4) is 0 Å². The Labute approximate surface area is 158 Å². The van der Waals surface area contributed by atoms with Crippen LogP contribution in [0.2, 0.25) is 0 Å². The highest BCUT2D eigenvalue weighted by atomic mass is 16.2. The lowest BCUT2D eigenvalue weighted by molar-refractivity contribution is -0.133. The maximum Gasteiger partial charge on any atom is 0.262 e. The summed E-state index contributed by atoms with van der Waals surface area (Å²) in [6, 6.07) is 6.61. The van der Waals surface area contributed by atoms with Gasteiger partial charge in [0.1, 0.15) is 6.54 Å². The van der Waals surface area contributed by atoms with Gasteiger partial charge in [0.25, 0.3) is 11.8 Å². The number of nitrogens with zero attached hydrogens (tertiary/aromatic N) is 3. The van der Waals surface area contributed by atoms with Gasteiger partial charge in [0, 0.05) is 32.6 Å². The number of carbonyl (C=O) groups excluding carboxylic acids is 4. The summed E-state index contributed by atoms with van der Waals surface area (Å²) in [6.45, 7) is 3.89. The summed E-state index contributed by atoms with van der Waals surface area (Å²) in [5.41, 5.74) is 0.692. The van der Waals surface area contributed by atoms with E-state index in [0.717, 1.165) is 17.7 Å². The van der Waals surface area contributed by atoms with Crippen LogP contribution in [0.15, 0.2) is 24.3 Å². The van der Waals surface area contributed by atoms with Crippen LogP contribution < -0.4 is 0 Å². The fraction of sp³-hybridized carbons (Fsp3) is 0.500. The lowest BCUT2D eigenvalue weighted by atomic mass is 10.1. The van der Waals surface area contributed by atoms with Crippen molar-refractivity contribution < 1.29 is 19.2 Å². The van der Waals surface area contributed by atoms with Crippen LogP contribution in [0.5, 0.6) is 0 Å². The number of carbonyl (C=O) groups is 4. The zero-order valence-corrected chi connectivity index (χ0v) is 15.6. The first-order valence-electron chi connectivity index (χ1n) is 9.53. The maximum atomic E-state index is 12.7. The van der Waals surface area contributed by atoms with E-state index in [4.69, 9.17) is 0 Å². The molecule has 0 radical (unpaired) electrons. The van der Waals surface area contributed by atoms with Crippen molar-refractivity contribution in [2.24, 2.45) is 0 Å². The van der Waals surface area contributed by atoms with Gasteiger partial charge in [-0.25, -0.2) is 0 Å². The molecule has 1 saturated heterocycles. The SMILES string of the molecule is CCCCC(=O)N1CCCN(C(=O)CN2C(=O)c3ccccc3C2=O)CC1. The molecule has 2 aliphatic rings. The molecule has 2 aliphatic heterocycles. The molecule has 0 N–H and O–H groups in total. The fourth-order valence-electron chi connectivity index (χ4n) is 3.52. The fourth-order valence-corrected chi connectivity index (χ4v) is 3.52. The first-order chi connectivity index (χ1) is 13.0. The van der Waals surface area contributed by atoms with Gasteiger partial charge in [0.2, 0.25) is 11.8 Å². The minimum Gasteiger partial charge on any atom is -0.341 e. The molecule has 0 unspecified atom stereocenters. The van der Waals surface area contributed by atoms with Gasteiger partial charge in [-0.1, -0.05) is 25.5 Å². The highest BCUT2D eigenvalue weighted by Gasteiger charge is 2.37. The van der Waals surface area contributed by atoms with Crippen molar-refractivity contribution in [3.05, 3.63) is 35.4 Å². The molecule has 2 heterocycles. The van der Waals surface area contributed by atoms with Crippen molar-refractivity contribution in [3.63, 3.8) is 0 Å². The quantitative estimate of drug-likeness (QED) is 0.736. The third kappa shape index (κ3) is 4.02. The van der Waals surface area contributed by atoms with Crippen molar-refractivity contribution in [1.82, 2.24) is 14.7 Å². The van der Waals surface area contributed by atoms with Crippen LogP contribution in [0.4, 0.5) is 0 Å². The third-order valence-electron chi connectivity index (χ3n) is 5.12. The molecule has 144 valence electrons. The summed E-state index contributed by atoms with van der Waals surface area (Å²) in [6.07, 6.45) is 3.09. The Kier molecular flexibility index (Phi) is 5.88. The summed E-state index contributed by atoms with van der Waals surface area (Å²) in [4.78, 5) is 54.2. The second kappa shape index (κ2) is 8.33. The van der Waals surface area contributed by atoms with Gasteiger partial charge in [-0.3, -0.25) is 24.1 Å². The number of hydrogen-bond acceptors (Lipinski definition) is 4. The van der Waals surface area contributed by atoms with Crippen LogP contribution in [-0.2, 0) is 9.59 Å². The van der Waals surface area contributed by atoms with Crippen LogP contribution in [0, 0.1) is 0 Å². The van der Waals surface area contributed by atoms with E-state index in [1.165, 1.54) is 0 Å². The van der Waals surface area contributed by atoms with Crippen molar-refractivity contribution >= 4 is 23.6 Å². The van der Waals surface area contributed by atoms with E-state index in [1.54, 1.807) is 29.2 Å². The van der Waals surface area contributed by atoms with Gasteiger partial charge in [-0.15, -0.1) is 0 Å². The molecule has 27 heavy (non-hydrogen) atoms. The number of amides is 4. The Hall–Kier alpha value is -2.70. The second-order valence-corrected chi connectivity index (χ2v) is 6.96. The van der Waals surface area contributed by atoms with Crippen molar-refractivity contribution in [2.45, 2.75) is 32.6 Å². The predicted octanol–water partition coefficient (Wildman–Crippen LogP) is 1.53. The molecule has 0 bridgehead atoms. The topological polar surface area (TPSA) is 78.0 Å². The standard InChI is InChI=1S/C20H25N3O4/c1-2-3-9-17(24)21-10-6-11-22(13-12-21)18(25)14-23-19(26)15-7-4-5-8-16(15)20(23)27/h4-5,7-8H,2-3,6,9-14H2,1H3. The van der Waals surface area contributed by atoms with Gasteiger partial charge in [0.15, 0.2) is 0 Å². The van der Waals surface area contributed by atoms with Crippen molar-refractivity contribution in [1.29, 1.82) is 0 Å². The minimum atomic E-state index is -0.421. The molecule has 0 aromatic heterocycles. The van der Waals surface area contributed by atoms with Gasteiger partial charge in [-0.05, 0) is 25.0 Å². The van der Waals surface area contributed by atoms with Gasteiger partial charge >= 0.3 is 0 Å². The van der Waals surface area contributed by atoms with Gasteiger partial charge in [-0.2, -0.15) is 0 Å². The third-order valence-corrected chi connectivity index (χ3v) is 5.12. The van der Waals surface area contributed by atoms with Crippen LogP contribution >= 0.6 is 0 Å². The molecule has 0 atom stereocenters. The molecule has 0 saturated carbocycles. The molecule has 0 aliphatic carbocycles. The number of fused-ring (bicyclic) bond motifs is 1. The lowest BCUT2D eigenvalue weighted by Crippen LogP contribution is -2.44. The van der Waals surface area contributed by atoms with Gasteiger partial charge in [0.05, 0.1) is 11.1 Å². The highest BCUT2D eigenvalue weighted by Crippen LogP contribution is 2.22. The summed E-state index contributed by atoms with van der Waals surface area (Å²) in [5.74, 6) is -0.968. The average molecular weight is 371 g/mol. The zero-order valence-electron chi connectivity index (χ0n) is 15.6. The van der Waals surface area contributed by atoms with E-state index < -0.39 is 11.8 Å². The molecule has 1 aromatic carbocycles. The summed E-state index contributed by atoms with van der Waals surface area (Å²) in [5, 5.41) is 0. The van der Waals surface area contributed by atoms with Crippen LogP contribution in [0.1, 0.15) is 53.3 Å². The van der Waals surface area contributed by atoms with E-state index >= 15 is 0 Å². The highest BCUT2D eigenvalue weighted by molar-refractivity contribution is 6.22. The van der Waals surface area contributed by atoms with E-state index in [2.05, 4.69) is 6.92 Å². The normalized spacial score (nSPS) is 17.1. The molecule has 0 spiro atoms. The Morgan fingerprint density at radius 3 is 2.00 bits per heavy atom. The summed E-state index contributed by atoms with van der Waals surface area (Å²) in [7, 11) is 0. The molecule has 7 heteroatoms. The largest absolute Gasteiger partial charge is 0.341 e. The Balaban J connectivity index is 1.58. The average Bonchev–Trinajstić information content (AvgIpc) is 2.87. The smallest absolute Gasteiger partial charge is 0.262 e. The molecule has 1 fully saturated rings. The monoisotopic (exact) mass is 371 g/mol. The molecular weight excluding hydrogens is 346 g/mol. The molecular formula is C20H25N3O4. The summed E-state index contributed by atoms with van der Waals surface area (Å²) < 4.78 is 0. The first-order valence-corrected chi connectivity index (χ1v) is 9.53. The molecule has 4 amide bonds.